The van der Waals surface area contributed by atoms with Crippen molar-refractivity contribution in [3.05, 3.63) is 65.2 Å². The quantitative estimate of drug-likeness (QED) is 0.774. The molecular formula is C25H30N2O2. The van der Waals surface area contributed by atoms with Crippen LogP contribution in [0.2, 0.25) is 0 Å². The van der Waals surface area contributed by atoms with Crippen molar-refractivity contribution in [2.24, 2.45) is 10.8 Å². The number of benzene rings is 2. The molecule has 1 heterocycles. The summed E-state index contributed by atoms with van der Waals surface area (Å²) >= 11 is 0. The highest BCUT2D eigenvalue weighted by atomic mass is 16.2. The van der Waals surface area contributed by atoms with E-state index in [1.165, 1.54) is 0 Å². The highest BCUT2D eigenvalue weighted by Gasteiger charge is 2.51. The van der Waals surface area contributed by atoms with Crippen molar-refractivity contribution in [3.8, 4) is 0 Å². The third-order valence-corrected chi connectivity index (χ3v) is 6.40. The van der Waals surface area contributed by atoms with Gasteiger partial charge in [0.15, 0.2) is 0 Å². The van der Waals surface area contributed by atoms with Crippen LogP contribution in [0.4, 0.5) is 5.69 Å². The maximum absolute atomic E-state index is 13.5. The predicted molar refractivity (Wildman–Crippen MR) is 116 cm³/mol. The van der Waals surface area contributed by atoms with Crippen LogP contribution < -0.4 is 5.32 Å². The first kappa shape index (κ1) is 19.7. The summed E-state index contributed by atoms with van der Waals surface area (Å²) in [5, 5.41) is 2.95. The number of likely N-dealkylation sites (tertiary alicyclic amines) is 1. The predicted octanol–water partition coefficient (Wildman–Crippen LogP) is 5.29. The van der Waals surface area contributed by atoms with Crippen LogP contribution in [0.15, 0.2) is 48.5 Å². The zero-order chi connectivity index (χ0) is 20.8. The molecule has 2 amide bonds. The molecule has 0 spiro atoms. The Bertz CT molecular complexity index is 948. The molecule has 2 aromatic rings. The molecule has 1 aliphatic heterocycles. The number of carbonyl (C=O) groups is 2. The second-order valence-corrected chi connectivity index (χ2v) is 10.0. The molecule has 2 fully saturated rings. The van der Waals surface area contributed by atoms with Gasteiger partial charge in [-0.1, -0.05) is 50.6 Å². The number of anilines is 1. The van der Waals surface area contributed by atoms with E-state index < -0.39 is 0 Å². The van der Waals surface area contributed by atoms with Crippen LogP contribution in [0, 0.1) is 17.8 Å². The Morgan fingerprint density at radius 1 is 1.00 bits per heavy atom. The summed E-state index contributed by atoms with van der Waals surface area (Å²) in [6.45, 7) is 9.70. The Labute approximate surface area is 173 Å². The molecule has 0 aromatic heterocycles. The number of rotatable bonds is 3. The minimum atomic E-state index is -0.196. The van der Waals surface area contributed by atoms with Crippen LogP contribution in [0.3, 0.4) is 0 Å². The summed E-state index contributed by atoms with van der Waals surface area (Å²) in [5.41, 5.74) is 3.28. The number of nitrogens with one attached hydrogen (secondary N) is 1. The maximum Gasteiger partial charge on any atom is 0.256 e. The van der Waals surface area contributed by atoms with Gasteiger partial charge < -0.3 is 10.2 Å². The first-order valence-electron chi connectivity index (χ1n) is 10.4. The first-order chi connectivity index (χ1) is 13.7. The molecule has 29 heavy (non-hydrogen) atoms. The Kier molecular flexibility index (Phi) is 4.76. The molecule has 1 N–H and O–H groups in total. The van der Waals surface area contributed by atoms with Gasteiger partial charge in [-0.05, 0) is 61.3 Å². The standard InChI is InChI=1S/C25H30N2O2/c1-17-9-11-18(12-10-17)22(28)26-21-8-6-5-7-20(21)23(29)27-16-25(4)14-19(27)13-24(2,3)15-25/h5-12,19H,13-16H2,1-4H3,(H,26,28)/t19-,25-/m0/s1. The van der Waals surface area contributed by atoms with Crippen LogP contribution in [0.5, 0.6) is 0 Å². The number of hydrogen-bond donors (Lipinski definition) is 1. The van der Waals surface area contributed by atoms with E-state index in [1.54, 1.807) is 0 Å². The van der Waals surface area contributed by atoms with Crippen LogP contribution >= 0.6 is 0 Å². The summed E-state index contributed by atoms with van der Waals surface area (Å²) in [6.07, 6.45) is 3.25. The number of para-hydroxylation sites is 1. The molecule has 4 rings (SSSR count). The number of amides is 2. The molecule has 152 valence electrons. The van der Waals surface area contributed by atoms with E-state index in [0.717, 1.165) is 31.4 Å². The van der Waals surface area contributed by atoms with E-state index >= 15 is 0 Å². The molecule has 4 heteroatoms. The summed E-state index contributed by atoms with van der Waals surface area (Å²) in [6, 6.07) is 15.1. The lowest BCUT2D eigenvalue weighted by molar-refractivity contribution is 0.0709. The van der Waals surface area contributed by atoms with Crippen LogP contribution in [0.25, 0.3) is 0 Å². The fourth-order valence-electron chi connectivity index (χ4n) is 5.53. The molecule has 0 unspecified atom stereocenters. The smallest absolute Gasteiger partial charge is 0.256 e. The second-order valence-electron chi connectivity index (χ2n) is 10.0. The van der Waals surface area contributed by atoms with Gasteiger partial charge in [0.05, 0.1) is 11.3 Å². The van der Waals surface area contributed by atoms with Crippen molar-refractivity contribution in [3.63, 3.8) is 0 Å². The van der Waals surface area contributed by atoms with Crippen molar-refractivity contribution in [2.75, 3.05) is 11.9 Å². The Hall–Kier alpha value is -2.62. The fourth-order valence-corrected chi connectivity index (χ4v) is 5.53. The average molecular weight is 391 g/mol. The summed E-state index contributed by atoms with van der Waals surface area (Å²) in [4.78, 5) is 28.3. The average Bonchev–Trinajstić information content (AvgIpc) is 2.91. The number of fused-ring (bicyclic) bond motifs is 2. The third kappa shape index (κ3) is 3.93. The molecule has 2 aromatic carbocycles. The zero-order valence-corrected chi connectivity index (χ0v) is 17.8. The SMILES string of the molecule is Cc1ccc(C(=O)Nc2ccccc2C(=O)N2C[C@@]3(C)C[C@@H]2CC(C)(C)C3)cc1. The maximum atomic E-state index is 13.5. The van der Waals surface area contributed by atoms with E-state index in [4.69, 9.17) is 0 Å². The van der Waals surface area contributed by atoms with Crippen molar-refractivity contribution < 1.29 is 9.59 Å². The van der Waals surface area contributed by atoms with Gasteiger partial charge in [-0.3, -0.25) is 9.59 Å². The van der Waals surface area contributed by atoms with Gasteiger partial charge in [0.2, 0.25) is 0 Å². The van der Waals surface area contributed by atoms with Gasteiger partial charge in [0.1, 0.15) is 0 Å². The molecule has 1 saturated carbocycles. The molecule has 2 bridgehead atoms. The molecule has 0 radical (unpaired) electrons. The van der Waals surface area contributed by atoms with Gasteiger partial charge in [-0.25, -0.2) is 0 Å². The molecule has 2 aliphatic rings. The van der Waals surface area contributed by atoms with Gasteiger partial charge in [0.25, 0.3) is 11.8 Å². The molecule has 1 aliphatic carbocycles. The Morgan fingerprint density at radius 3 is 2.41 bits per heavy atom. The van der Waals surface area contributed by atoms with E-state index in [0.29, 0.717) is 16.8 Å². The zero-order valence-electron chi connectivity index (χ0n) is 17.8. The molecular weight excluding hydrogens is 360 g/mol. The third-order valence-electron chi connectivity index (χ3n) is 6.40. The topological polar surface area (TPSA) is 49.4 Å². The van der Waals surface area contributed by atoms with E-state index in [-0.39, 0.29) is 28.7 Å². The van der Waals surface area contributed by atoms with E-state index in [1.807, 2.05) is 60.4 Å². The highest BCUT2D eigenvalue weighted by molar-refractivity contribution is 6.09. The number of nitrogens with zero attached hydrogens (tertiary/aromatic N) is 1. The van der Waals surface area contributed by atoms with Crippen molar-refractivity contribution >= 4 is 17.5 Å². The molecule has 2 atom stereocenters. The fraction of sp³-hybridized carbons (Fsp3) is 0.440. The monoisotopic (exact) mass is 390 g/mol. The normalized spacial score (nSPS) is 25.0. The summed E-state index contributed by atoms with van der Waals surface area (Å²) in [7, 11) is 0. The number of carbonyl (C=O) groups excluding carboxylic acids is 2. The molecule has 1 saturated heterocycles. The van der Waals surface area contributed by atoms with Gasteiger partial charge in [-0.2, -0.15) is 0 Å². The van der Waals surface area contributed by atoms with E-state index in [2.05, 4.69) is 26.1 Å². The Morgan fingerprint density at radius 2 is 1.69 bits per heavy atom. The first-order valence-corrected chi connectivity index (χ1v) is 10.4. The summed E-state index contributed by atoms with van der Waals surface area (Å²) in [5.74, 6) is -0.172. The lowest BCUT2D eigenvalue weighted by Gasteiger charge is -2.39. The van der Waals surface area contributed by atoms with Gasteiger partial charge >= 0.3 is 0 Å². The minimum Gasteiger partial charge on any atom is -0.335 e. The van der Waals surface area contributed by atoms with Crippen molar-refractivity contribution in [1.29, 1.82) is 0 Å². The lowest BCUT2D eigenvalue weighted by Crippen LogP contribution is -2.38. The van der Waals surface area contributed by atoms with Crippen LogP contribution in [-0.4, -0.2) is 29.3 Å². The summed E-state index contributed by atoms with van der Waals surface area (Å²) < 4.78 is 0. The second kappa shape index (κ2) is 7.01. The highest BCUT2D eigenvalue weighted by Crippen LogP contribution is 2.52. The molecule has 4 nitrogen and oxygen atoms in total. The van der Waals surface area contributed by atoms with Crippen molar-refractivity contribution in [2.45, 2.75) is 53.0 Å². The van der Waals surface area contributed by atoms with Gasteiger partial charge in [-0.15, -0.1) is 0 Å². The largest absolute Gasteiger partial charge is 0.335 e. The Balaban J connectivity index is 1.58. The van der Waals surface area contributed by atoms with Gasteiger partial charge in [0, 0.05) is 18.2 Å². The van der Waals surface area contributed by atoms with E-state index in [9.17, 15) is 9.59 Å². The van der Waals surface area contributed by atoms with Crippen LogP contribution in [0.1, 0.15) is 66.3 Å². The number of aryl methyl sites for hydroxylation is 1. The number of hydrogen-bond acceptors (Lipinski definition) is 2. The minimum absolute atomic E-state index is 0.0243. The van der Waals surface area contributed by atoms with Crippen LogP contribution in [-0.2, 0) is 0 Å². The van der Waals surface area contributed by atoms with Crippen molar-refractivity contribution in [1.82, 2.24) is 4.90 Å². The lowest BCUT2D eigenvalue weighted by atomic mass is 9.65.